The lowest BCUT2D eigenvalue weighted by Crippen LogP contribution is -2.32. The summed E-state index contributed by atoms with van der Waals surface area (Å²) >= 11 is 0. The number of rotatable bonds is 4. The van der Waals surface area contributed by atoms with E-state index >= 15 is 0 Å². The number of phenolic OH excluding ortho intramolecular Hbond substituents is 1. The number of nitro benzene ring substituents is 1. The van der Waals surface area contributed by atoms with Crippen LogP contribution in [0, 0.1) is 15.9 Å². The fourth-order valence-corrected chi connectivity index (χ4v) is 1.22. The highest BCUT2D eigenvalue weighted by molar-refractivity contribution is 5.73. The SMILES string of the molecule is NC(Cc1cc([N+](=O)[O-])c(F)cc1O)C(=O)O. The van der Waals surface area contributed by atoms with E-state index in [1.807, 2.05) is 0 Å². The average Bonchev–Trinajstić information content (AvgIpc) is 2.21. The van der Waals surface area contributed by atoms with Gasteiger partial charge < -0.3 is 15.9 Å². The van der Waals surface area contributed by atoms with Gasteiger partial charge in [0.05, 0.1) is 4.92 Å². The van der Waals surface area contributed by atoms with Crippen LogP contribution in [0.2, 0.25) is 0 Å². The van der Waals surface area contributed by atoms with Crippen LogP contribution < -0.4 is 5.73 Å². The minimum Gasteiger partial charge on any atom is -0.508 e. The Morgan fingerprint density at radius 1 is 1.59 bits per heavy atom. The van der Waals surface area contributed by atoms with Crippen LogP contribution in [-0.2, 0) is 11.2 Å². The largest absolute Gasteiger partial charge is 0.508 e. The van der Waals surface area contributed by atoms with Gasteiger partial charge in [-0.3, -0.25) is 14.9 Å². The van der Waals surface area contributed by atoms with E-state index in [1.165, 1.54) is 0 Å². The van der Waals surface area contributed by atoms with Crippen LogP contribution >= 0.6 is 0 Å². The van der Waals surface area contributed by atoms with Gasteiger partial charge in [0, 0.05) is 24.1 Å². The Kier molecular flexibility index (Phi) is 3.59. The maximum absolute atomic E-state index is 13.0. The standard InChI is InChI=1S/C9H9FN2O5/c10-5-3-8(13)4(1-6(11)9(14)15)2-7(5)12(16)17/h2-3,6,13H,1,11H2,(H,14,15). The summed E-state index contributed by atoms with van der Waals surface area (Å²) < 4.78 is 13.0. The van der Waals surface area contributed by atoms with Crippen LogP contribution in [0.25, 0.3) is 0 Å². The lowest BCUT2D eigenvalue weighted by Gasteiger charge is -2.08. The van der Waals surface area contributed by atoms with Crippen LogP contribution in [0.3, 0.4) is 0 Å². The number of aliphatic carboxylic acids is 1. The molecule has 0 fully saturated rings. The topological polar surface area (TPSA) is 127 Å². The Labute approximate surface area is 94.4 Å². The normalized spacial score (nSPS) is 12.1. The number of carbonyl (C=O) groups is 1. The molecule has 8 heteroatoms. The van der Waals surface area contributed by atoms with Crippen LogP contribution in [0.1, 0.15) is 5.56 Å². The van der Waals surface area contributed by atoms with E-state index < -0.39 is 34.2 Å². The molecule has 0 aliphatic rings. The van der Waals surface area contributed by atoms with Crippen molar-refractivity contribution in [2.24, 2.45) is 5.73 Å². The second kappa shape index (κ2) is 4.74. The van der Waals surface area contributed by atoms with Crippen LogP contribution in [0.4, 0.5) is 10.1 Å². The fourth-order valence-electron chi connectivity index (χ4n) is 1.22. The highest BCUT2D eigenvalue weighted by atomic mass is 19.1. The van der Waals surface area contributed by atoms with Crippen LogP contribution in [-0.4, -0.2) is 27.1 Å². The predicted octanol–water partition coefficient (Wildman–Crippen LogP) is 0.394. The molecule has 0 bridgehead atoms. The van der Waals surface area contributed by atoms with Crippen molar-refractivity contribution in [1.29, 1.82) is 0 Å². The molecule has 0 heterocycles. The monoisotopic (exact) mass is 244 g/mol. The Morgan fingerprint density at radius 2 is 2.18 bits per heavy atom. The summed E-state index contributed by atoms with van der Waals surface area (Å²) in [5.74, 6) is -3.08. The highest BCUT2D eigenvalue weighted by Crippen LogP contribution is 2.27. The lowest BCUT2D eigenvalue weighted by molar-refractivity contribution is -0.387. The first-order valence-electron chi connectivity index (χ1n) is 4.47. The van der Waals surface area contributed by atoms with Gasteiger partial charge in [-0.15, -0.1) is 0 Å². The first-order valence-corrected chi connectivity index (χ1v) is 4.47. The van der Waals surface area contributed by atoms with Crippen molar-refractivity contribution < 1.29 is 24.3 Å². The van der Waals surface area contributed by atoms with Crippen molar-refractivity contribution in [3.8, 4) is 5.75 Å². The van der Waals surface area contributed by atoms with Gasteiger partial charge in [0.25, 0.3) is 0 Å². The molecule has 7 nitrogen and oxygen atoms in total. The van der Waals surface area contributed by atoms with E-state index in [1.54, 1.807) is 0 Å². The molecule has 0 aromatic heterocycles. The van der Waals surface area contributed by atoms with Gasteiger partial charge >= 0.3 is 11.7 Å². The molecule has 1 aromatic rings. The minimum absolute atomic E-state index is 0.0898. The number of hydrogen-bond donors (Lipinski definition) is 3. The summed E-state index contributed by atoms with van der Waals surface area (Å²) in [5, 5.41) is 28.3. The zero-order chi connectivity index (χ0) is 13.2. The number of halogens is 1. The van der Waals surface area contributed by atoms with E-state index in [0.29, 0.717) is 6.07 Å². The van der Waals surface area contributed by atoms with Crippen molar-refractivity contribution in [3.63, 3.8) is 0 Å². The smallest absolute Gasteiger partial charge is 0.320 e. The van der Waals surface area contributed by atoms with E-state index in [2.05, 4.69) is 0 Å². The molecular formula is C9H9FN2O5. The Bertz CT molecular complexity index is 477. The molecule has 92 valence electrons. The molecule has 0 radical (unpaired) electrons. The molecule has 0 aliphatic heterocycles. The Hall–Kier alpha value is -2.22. The van der Waals surface area contributed by atoms with Gasteiger partial charge in [-0.25, -0.2) is 0 Å². The third-order valence-corrected chi connectivity index (χ3v) is 2.10. The van der Waals surface area contributed by atoms with E-state index in [-0.39, 0.29) is 12.0 Å². The molecular weight excluding hydrogens is 235 g/mol. The maximum atomic E-state index is 13.0. The second-order valence-electron chi connectivity index (χ2n) is 3.34. The fraction of sp³-hybridized carbons (Fsp3) is 0.222. The number of nitrogens with zero attached hydrogens (tertiary/aromatic N) is 1. The van der Waals surface area contributed by atoms with E-state index in [4.69, 9.17) is 10.8 Å². The van der Waals surface area contributed by atoms with Crippen molar-refractivity contribution in [2.45, 2.75) is 12.5 Å². The number of carboxylic acids is 1. The zero-order valence-electron chi connectivity index (χ0n) is 8.46. The molecule has 17 heavy (non-hydrogen) atoms. The third-order valence-electron chi connectivity index (χ3n) is 2.10. The number of benzene rings is 1. The number of carboxylic acid groups (broad SMARTS) is 1. The average molecular weight is 244 g/mol. The number of phenols is 1. The van der Waals surface area contributed by atoms with Crippen LogP contribution in [0.5, 0.6) is 5.75 Å². The molecule has 0 amide bonds. The minimum atomic E-state index is -1.33. The number of nitrogens with two attached hydrogens (primary N) is 1. The summed E-state index contributed by atoms with van der Waals surface area (Å²) in [4.78, 5) is 20.0. The van der Waals surface area contributed by atoms with Crippen molar-refractivity contribution in [2.75, 3.05) is 0 Å². The van der Waals surface area contributed by atoms with E-state index in [9.17, 15) is 24.4 Å². The molecule has 0 aliphatic carbocycles. The second-order valence-corrected chi connectivity index (χ2v) is 3.34. The van der Waals surface area contributed by atoms with Gasteiger partial charge in [-0.1, -0.05) is 0 Å². The highest BCUT2D eigenvalue weighted by Gasteiger charge is 2.21. The summed E-state index contributed by atoms with van der Waals surface area (Å²) in [6.45, 7) is 0. The number of nitro groups is 1. The molecule has 4 N–H and O–H groups in total. The number of hydrogen-bond acceptors (Lipinski definition) is 5. The van der Waals surface area contributed by atoms with Gasteiger partial charge in [0.15, 0.2) is 0 Å². The zero-order valence-corrected chi connectivity index (χ0v) is 8.46. The van der Waals surface area contributed by atoms with Gasteiger partial charge in [-0.05, 0) is 0 Å². The molecule has 0 spiro atoms. The summed E-state index contributed by atoms with van der Waals surface area (Å²) in [6, 6.07) is 0.00106. The number of aromatic hydroxyl groups is 1. The summed E-state index contributed by atoms with van der Waals surface area (Å²) in [7, 11) is 0. The lowest BCUT2D eigenvalue weighted by atomic mass is 10.0. The molecule has 0 saturated carbocycles. The first-order chi connectivity index (χ1) is 7.82. The maximum Gasteiger partial charge on any atom is 0.320 e. The predicted molar refractivity (Wildman–Crippen MR) is 54.0 cm³/mol. The van der Waals surface area contributed by atoms with Crippen molar-refractivity contribution in [1.82, 2.24) is 0 Å². The van der Waals surface area contributed by atoms with Crippen molar-refractivity contribution >= 4 is 11.7 Å². The van der Waals surface area contributed by atoms with Crippen LogP contribution in [0.15, 0.2) is 12.1 Å². The Balaban J connectivity index is 3.12. The molecule has 1 aromatic carbocycles. The van der Waals surface area contributed by atoms with Crippen molar-refractivity contribution in [3.05, 3.63) is 33.6 Å². The third kappa shape index (κ3) is 2.88. The van der Waals surface area contributed by atoms with Gasteiger partial charge in [0.2, 0.25) is 5.82 Å². The van der Waals surface area contributed by atoms with Gasteiger partial charge in [-0.2, -0.15) is 4.39 Å². The quantitative estimate of drug-likeness (QED) is 0.519. The van der Waals surface area contributed by atoms with E-state index in [0.717, 1.165) is 6.07 Å². The molecule has 1 atom stereocenters. The summed E-state index contributed by atoms with van der Waals surface area (Å²) in [5.41, 5.74) is 4.28. The summed E-state index contributed by atoms with van der Waals surface area (Å²) in [6.07, 6.45) is -0.331. The Morgan fingerprint density at radius 3 is 2.65 bits per heavy atom. The first kappa shape index (κ1) is 12.8. The van der Waals surface area contributed by atoms with Gasteiger partial charge in [0.1, 0.15) is 11.8 Å². The molecule has 1 unspecified atom stereocenters. The molecule has 0 saturated heterocycles. The molecule has 1 rings (SSSR count).